The Kier molecular flexibility index (Phi) is 3.73. The van der Waals surface area contributed by atoms with Gasteiger partial charge in [-0.25, -0.2) is 5.43 Å². The maximum Gasteiger partial charge on any atom is 0.270 e. The van der Waals surface area contributed by atoms with E-state index >= 15 is 0 Å². The molecule has 9 heteroatoms. The Morgan fingerprint density at radius 1 is 1.23 bits per heavy atom. The molecule has 2 N–H and O–H groups in total. The van der Waals surface area contributed by atoms with Crippen molar-refractivity contribution in [2.24, 2.45) is 5.10 Å². The number of aromatic nitrogens is 4. The number of benzene rings is 2. The second-order valence-electron chi connectivity index (χ2n) is 5.73. The molecule has 2 heterocycles. The average Bonchev–Trinajstić information content (AvgIpc) is 2.99. The van der Waals surface area contributed by atoms with Crippen LogP contribution in [-0.4, -0.2) is 31.3 Å². The van der Waals surface area contributed by atoms with Gasteiger partial charge >= 0.3 is 0 Å². The minimum absolute atomic E-state index is 0.00153. The first-order valence-electron chi connectivity index (χ1n) is 7.76. The molecule has 0 radical (unpaired) electrons. The predicted molar refractivity (Wildman–Crippen MR) is 98.2 cm³/mol. The molecule has 26 heavy (non-hydrogen) atoms. The number of nitro benzene ring substituents is 1. The number of fused-ring (bicyclic) bond motifs is 3. The summed E-state index contributed by atoms with van der Waals surface area (Å²) < 4.78 is 0. The van der Waals surface area contributed by atoms with Crippen LogP contribution in [0.4, 0.5) is 11.6 Å². The largest absolute Gasteiger partial charge is 0.338 e. The minimum Gasteiger partial charge on any atom is -0.338 e. The van der Waals surface area contributed by atoms with Gasteiger partial charge in [0.25, 0.3) is 11.6 Å². The lowest BCUT2D eigenvalue weighted by molar-refractivity contribution is -0.384. The maximum atomic E-state index is 10.8. The lowest BCUT2D eigenvalue weighted by atomic mass is 10.2. The molecule has 0 unspecified atom stereocenters. The maximum absolute atomic E-state index is 10.8. The van der Waals surface area contributed by atoms with Gasteiger partial charge in [-0.15, -0.1) is 10.2 Å². The average molecular weight is 347 g/mol. The van der Waals surface area contributed by atoms with Crippen molar-refractivity contribution in [3.63, 3.8) is 0 Å². The highest BCUT2D eigenvalue weighted by Crippen LogP contribution is 2.23. The molecule has 2 aromatic heterocycles. The third kappa shape index (κ3) is 2.93. The molecule has 2 aromatic carbocycles. The number of hydrogen-bond acceptors (Lipinski definition) is 7. The van der Waals surface area contributed by atoms with Crippen molar-refractivity contribution >= 4 is 39.9 Å². The fourth-order valence-electron chi connectivity index (χ4n) is 2.62. The Hall–Kier alpha value is -3.88. The van der Waals surface area contributed by atoms with E-state index in [9.17, 15) is 10.1 Å². The van der Waals surface area contributed by atoms with Gasteiger partial charge in [0.15, 0.2) is 5.65 Å². The topological polar surface area (TPSA) is 122 Å². The van der Waals surface area contributed by atoms with Crippen LogP contribution in [0.1, 0.15) is 11.1 Å². The highest BCUT2D eigenvalue weighted by Gasteiger charge is 2.09. The molecule has 0 fully saturated rings. The number of rotatable bonds is 4. The summed E-state index contributed by atoms with van der Waals surface area (Å²) in [4.78, 5) is 17.9. The lowest BCUT2D eigenvalue weighted by Crippen LogP contribution is -1.99. The third-order valence-electron chi connectivity index (χ3n) is 3.83. The third-order valence-corrected chi connectivity index (χ3v) is 3.83. The summed E-state index contributed by atoms with van der Waals surface area (Å²) in [5.41, 5.74) is 6.63. The molecular weight excluding hydrogens is 334 g/mol. The van der Waals surface area contributed by atoms with Gasteiger partial charge in [-0.05, 0) is 19.1 Å². The zero-order valence-electron chi connectivity index (χ0n) is 13.7. The Balaban J connectivity index is 1.58. The summed E-state index contributed by atoms with van der Waals surface area (Å²) in [6.45, 7) is 2.01. The van der Waals surface area contributed by atoms with E-state index in [1.807, 2.05) is 25.1 Å². The molecular formula is C17H13N7O2. The summed E-state index contributed by atoms with van der Waals surface area (Å²) in [6, 6.07) is 12.2. The van der Waals surface area contributed by atoms with Crippen molar-refractivity contribution in [1.82, 2.24) is 20.2 Å². The van der Waals surface area contributed by atoms with Crippen LogP contribution in [0.5, 0.6) is 0 Å². The van der Waals surface area contributed by atoms with Crippen LogP contribution in [-0.2, 0) is 0 Å². The molecule has 0 atom stereocenters. The highest BCUT2D eigenvalue weighted by molar-refractivity contribution is 6.03. The molecule has 0 spiro atoms. The van der Waals surface area contributed by atoms with E-state index in [1.54, 1.807) is 12.1 Å². The van der Waals surface area contributed by atoms with Gasteiger partial charge in [-0.2, -0.15) is 10.1 Å². The molecule has 0 amide bonds. The van der Waals surface area contributed by atoms with Gasteiger partial charge in [0, 0.05) is 28.6 Å². The van der Waals surface area contributed by atoms with Gasteiger partial charge in [0.05, 0.1) is 11.1 Å². The summed E-state index contributed by atoms with van der Waals surface area (Å²) >= 11 is 0. The Bertz CT molecular complexity index is 1170. The number of nitrogens with zero attached hydrogens (tertiary/aromatic N) is 5. The Morgan fingerprint density at radius 2 is 2.12 bits per heavy atom. The van der Waals surface area contributed by atoms with E-state index in [0.717, 1.165) is 16.5 Å². The van der Waals surface area contributed by atoms with E-state index in [1.165, 1.54) is 18.3 Å². The first-order valence-corrected chi connectivity index (χ1v) is 7.76. The molecule has 4 aromatic rings. The summed E-state index contributed by atoms with van der Waals surface area (Å²) in [5, 5.41) is 24.0. The van der Waals surface area contributed by atoms with E-state index in [4.69, 9.17) is 0 Å². The van der Waals surface area contributed by atoms with Gasteiger partial charge in [-0.1, -0.05) is 23.8 Å². The van der Waals surface area contributed by atoms with E-state index < -0.39 is 4.92 Å². The van der Waals surface area contributed by atoms with Crippen molar-refractivity contribution in [2.75, 3.05) is 5.43 Å². The zero-order chi connectivity index (χ0) is 18.1. The molecule has 0 bridgehead atoms. The number of anilines is 1. The fourth-order valence-corrected chi connectivity index (χ4v) is 2.62. The van der Waals surface area contributed by atoms with Crippen molar-refractivity contribution < 1.29 is 4.92 Å². The zero-order valence-corrected chi connectivity index (χ0v) is 13.7. The summed E-state index contributed by atoms with van der Waals surface area (Å²) in [6.07, 6.45) is 1.45. The van der Waals surface area contributed by atoms with E-state index in [2.05, 4.69) is 30.7 Å². The number of aromatic amines is 1. The van der Waals surface area contributed by atoms with Gasteiger partial charge in [-0.3, -0.25) is 10.1 Å². The number of aryl methyl sites for hydroxylation is 1. The van der Waals surface area contributed by atoms with Crippen molar-refractivity contribution in [3.05, 3.63) is 63.7 Å². The second kappa shape index (κ2) is 6.20. The number of hydrazone groups is 1. The van der Waals surface area contributed by atoms with Crippen molar-refractivity contribution in [3.8, 4) is 0 Å². The number of hydrogen-bond donors (Lipinski definition) is 2. The first-order chi connectivity index (χ1) is 12.6. The normalized spacial score (nSPS) is 11.4. The molecule has 4 rings (SSSR count). The fraction of sp³-hybridized carbons (Fsp3) is 0.0588. The molecule has 0 aliphatic carbocycles. The van der Waals surface area contributed by atoms with Crippen LogP contribution in [0.15, 0.2) is 47.6 Å². The van der Waals surface area contributed by atoms with E-state index in [0.29, 0.717) is 16.7 Å². The van der Waals surface area contributed by atoms with Crippen LogP contribution < -0.4 is 5.43 Å². The standard InChI is InChI=1S/C17H13N7O2/c1-10-5-6-14-13(7-10)15-16(19-14)20-17(23-21-15)22-18-9-11-3-2-4-12(8-11)24(25)26/h2-9H,1H3,(H2,19,20,22,23)/b18-9+. The monoisotopic (exact) mass is 347 g/mol. The van der Waals surface area contributed by atoms with Gasteiger partial charge in [0.1, 0.15) is 5.52 Å². The summed E-state index contributed by atoms with van der Waals surface area (Å²) in [7, 11) is 0. The van der Waals surface area contributed by atoms with E-state index in [-0.39, 0.29) is 11.6 Å². The molecule has 0 aliphatic heterocycles. The van der Waals surface area contributed by atoms with Crippen molar-refractivity contribution in [2.45, 2.75) is 6.92 Å². The number of nitrogens with one attached hydrogen (secondary N) is 2. The van der Waals surface area contributed by atoms with Crippen LogP contribution in [0.2, 0.25) is 0 Å². The van der Waals surface area contributed by atoms with Crippen LogP contribution in [0, 0.1) is 17.0 Å². The summed E-state index contributed by atoms with van der Waals surface area (Å²) in [5.74, 6) is 0.224. The lowest BCUT2D eigenvalue weighted by Gasteiger charge is -1.97. The number of H-pyrrole nitrogens is 1. The smallest absolute Gasteiger partial charge is 0.270 e. The van der Waals surface area contributed by atoms with Gasteiger partial charge < -0.3 is 4.98 Å². The SMILES string of the molecule is Cc1ccc2[nH]c3nc(N/N=C/c4cccc([N+](=O)[O-])c4)nnc3c2c1. The minimum atomic E-state index is -0.455. The number of non-ortho nitro benzene ring substituents is 1. The molecule has 9 nitrogen and oxygen atoms in total. The van der Waals surface area contributed by atoms with Gasteiger partial charge in [0.2, 0.25) is 0 Å². The second-order valence-corrected chi connectivity index (χ2v) is 5.73. The highest BCUT2D eigenvalue weighted by atomic mass is 16.6. The van der Waals surface area contributed by atoms with Crippen molar-refractivity contribution in [1.29, 1.82) is 0 Å². The molecule has 0 aliphatic rings. The molecule has 128 valence electrons. The van der Waals surface area contributed by atoms with Crippen LogP contribution in [0.25, 0.3) is 22.1 Å². The Morgan fingerprint density at radius 3 is 2.96 bits per heavy atom. The Labute approximate surface area is 146 Å². The molecule has 0 saturated carbocycles. The number of nitro groups is 1. The molecule has 0 saturated heterocycles. The predicted octanol–water partition coefficient (Wildman–Crippen LogP) is 3.17. The quantitative estimate of drug-likeness (QED) is 0.332. The first kappa shape index (κ1) is 15.6. The van der Waals surface area contributed by atoms with Crippen LogP contribution in [0.3, 0.4) is 0 Å². The van der Waals surface area contributed by atoms with Crippen LogP contribution >= 0.6 is 0 Å².